The average Bonchev–Trinajstić information content (AvgIpc) is 1.83. The second-order valence-electron chi connectivity index (χ2n) is 2.72. The van der Waals surface area contributed by atoms with Gasteiger partial charge in [0.05, 0.1) is 0 Å². The molecule has 0 aliphatic rings. The van der Waals surface area contributed by atoms with Gasteiger partial charge in [-0.1, -0.05) is 20.3 Å². The highest BCUT2D eigenvalue weighted by atomic mass is 32.2. The number of nitrogens with one attached hydrogen (secondary N) is 1. The lowest BCUT2D eigenvalue weighted by Crippen LogP contribution is -2.27. The predicted octanol–water partition coefficient (Wildman–Crippen LogP) is 0.815. The molecule has 0 heterocycles. The molecule has 0 saturated carbocycles. The number of hydrogen-bond donors (Lipinski definition) is 2. The summed E-state index contributed by atoms with van der Waals surface area (Å²) in [5.41, 5.74) is 0. The highest BCUT2D eigenvalue weighted by Gasteiger charge is 2.05. The van der Waals surface area contributed by atoms with Crippen LogP contribution in [0.3, 0.4) is 0 Å². The molecule has 0 bridgehead atoms. The first-order chi connectivity index (χ1) is 4.95. The van der Waals surface area contributed by atoms with Crippen molar-refractivity contribution in [2.24, 2.45) is 5.92 Å². The van der Waals surface area contributed by atoms with Gasteiger partial charge in [-0.05, 0) is 12.3 Å². The zero-order chi connectivity index (χ0) is 8.91. The Morgan fingerprint density at radius 3 is 2.45 bits per heavy atom. The van der Waals surface area contributed by atoms with Crippen molar-refractivity contribution in [2.45, 2.75) is 26.7 Å². The highest BCUT2D eigenvalue weighted by Crippen LogP contribution is 2.02. The van der Waals surface area contributed by atoms with Crippen molar-refractivity contribution >= 4 is 10.3 Å². The van der Waals surface area contributed by atoms with E-state index in [9.17, 15) is 8.42 Å². The molecule has 0 rings (SSSR count). The van der Waals surface area contributed by atoms with E-state index in [2.05, 4.69) is 0 Å². The van der Waals surface area contributed by atoms with Gasteiger partial charge in [0, 0.05) is 6.54 Å². The maximum Gasteiger partial charge on any atom is 0.333 e. The minimum atomic E-state index is -3.99. The molecule has 0 aliphatic heterocycles. The monoisotopic (exact) mass is 181 g/mol. The van der Waals surface area contributed by atoms with Gasteiger partial charge in [-0.2, -0.15) is 13.1 Å². The molecule has 11 heavy (non-hydrogen) atoms. The van der Waals surface area contributed by atoms with E-state index >= 15 is 0 Å². The standard InChI is InChI=1S/C6H15NO3S/c1-3-4-6(2)5-7-11(8,9)10/h6-7H,3-5H2,1-2H3,(H,8,9,10). The van der Waals surface area contributed by atoms with Crippen LogP contribution in [-0.2, 0) is 10.3 Å². The van der Waals surface area contributed by atoms with E-state index in [0.29, 0.717) is 6.54 Å². The summed E-state index contributed by atoms with van der Waals surface area (Å²) in [5, 5.41) is 0. The second-order valence-corrected chi connectivity index (χ2v) is 3.96. The lowest BCUT2D eigenvalue weighted by molar-refractivity contribution is 0.446. The van der Waals surface area contributed by atoms with Gasteiger partial charge in [-0.25, -0.2) is 0 Å². The summed E-state index contributed by atoms with van der Waals surface area (Å²) in [4.78, 5) is 0. The molecule has 0 saturated heterocycles. The molecular formula is C6H15NO3S. The molecule has 5 heteroatoms. The Balaban J connectivity index is 3.54. The van der Waals surface area contributed by atoms with E-state index in [4.69, 9.17) is 4.55 Å². The fraction of sp³-hybridized carbons (Fsp3) is 1.00. The lowest BCUT2D eigenvalue weighted by atomic mass is 10.1. The van der Waals surface area contributed by atoms with Crippen LogP contribution in [0.15, 0.2) is 0 Å². The van der Waals surface area contributed by atoms with Gasteiger partial charge in [-0.15, -0.1) is 0 Å². The number of rotatable bonds is 5. The van der Waals surface area contributed by atoms with Crippen molar-refractivity contribution in [1.82, 2.24) is 4.72 Å². The van der Waals surface area contributed by atoms with Crippen LogP contribution in [0.2, 0.25) is 0 Å². The third kappa shape index (κ3) is 7.77. The van der Waals surface area contributed by atoms with E-state index in [1.807, 2.05) is 18.6 Å². The third-order valence-electron chi connectivity index (χ3n) is 1.40. The van der Waals surface area contributed by atoms with E-state index in [0.717, 1.165) is 12.8 Å². The smallest absolute Gasteiger partial charge is 0.273 e. The molecule has 0 fully saturated rings. The zero-order valence-corrected chi connectivity index (χ0v) is 7.69. The lowest BCUT2D eigenvalue weighted by Gasteiger charge is -2.08. The fourth-order valence-corrected chi connectivity index (χ4v) is 1.34. The van der Waals surface area contributed by atoms with Crippen LogP contribution >= 0.6 is 0 Å². The first kappa shape index (κ1) is 10.9. The van der Waals surface area contributed by atoms with Crippen LogP contribution in [0, 0.1) is 5.92 Å². The quantitative estimate of drug-likeness (QED) is 0.617. The van der Waals surface area contributed by atoms with E-state index in [1.54, 1.807) is 0 Å². The summed E-state index contributed by atoms with van der Waals surface area (Å²) in [5.74, 6) is 0.280. The van der Waals surface area contributed by atoms with Gasteiger partial charge < -0.3 is 0 Å². The largest absolute Gasteiger partial charge is 0.333 e. The highest BCUT2D eigenvalue weighted by molar-refractivity contribution is 7.83. The SMILES string of the molecule is CCCC(C)CNS(=O)(=O)O. The molecule has 0 amide bonds. The fourth-order valence-electron chi connectivity index (χ4n) is 0.842. The summed E-state index contributed by atoms with van der Waals surface area (Å²) < 4.78 is 30.7. The molecular weight excluding hydrogens is 166 g/mol. The molecule has 1 atom stereocenters. The minimum Gasteiger partial charge on any atom is -0.273 e. The normalized spacial score (nSPS) is 14.8. The Morgan fingerprint density at radius 2 is 2.09 bits per heavy atom. The molecule has 0 radical (unpaired) electrons. The summed E-state index contributed by atoms with van der Waals surface area (Å²) in [6, 6.07) is 0. The first-order valence-corrected chi connectivity index (χ1v) is 5.11. The molecule has 4 nitrogen and oxygen atoms in total. The van der Waals surface area contributed by atoms with Crippen molar-refractivity contribution < 1.29 is 13.0 Å². The molecule has 1 unspecified atom stereocenters. The molecule has 0 aromatic heterocycles. The van der Waals surface area contributed by atoms with Crippen molar-refractivity contribution in [1.29, 1.82) is 0 Å². The zero-order valence-electron chi connectivity index (χ0n) is 6.87. The van der Waals surface area contributed by atoms with Gasteiger partial charge in [-0.3, -0.25) is 4.55 Å². The van der Waals surface area contributed by atoms with Gasteiger partial charge in [0.15, 0.2) is 0 Å². The Kier molecular flexibility index (Phi) is 4.63. The third-order valence-corrected chi connectivity index (χ3v) is 1.93. The molecule has 0 aliphatic carbocycles. The average molecular weight is 181 g/mol. The van der Waals surface area contributed by atoms with E-state index in [-0.39, 0.29) is 5.92 Å². The van der Waals surface area contributed by atoms with Crippen molar-refractivity contribution in [3.63, 3.8) is 0 Å². The minimum absolute atomic E-state index is 0.280. The Hall–Kier alpha value is -0.130. The first-order valence-electron chi connectivity index (χ1n) is 3.67. The van der Waals surface area contributed by atoms with Crippen LogP contribution in [-0.4, -0.2) is 19.5 Å². The summed E-state index contributed by atoms with van der Waals surface area (Å²) >= 11 is 0. The molecule has 0 aromatic carbocycles. The Morgan fingerprint density at radius 1 is 1.55 bits per heavy atom. The number of hydrogen-bond acceptors (Lipinski definition) is 2. The van der Waals surface area contributed by atoms with Crippen LogP contribution in [0.25, 0.3) is 0 Å². The summed E-state index contributed by atoms with van der Waals surface area (Å²) in [7, 11) is -3.99. The second kappa shape index (κ2) is 4.69. The molecule has 0 spiro atoms. The van der Waals surface area contributed by atoms with Crippen molar-refractivity contribution in [3.05, 3.63) is 0 Å². The maximum atomic E-state index is 10.2. The van der Waals surface area contributed by atoms with Gasteiger partial charge in [0.2, 0.25) is 0 Å². The maximum absolute atomic E-state index is 10.2. The van der Waals surface area contributed by atoms with Gasteiger partial charge in [0.25, 0.3) is 0 Å². The predicted molar refractivity (Wildman–Crippen MR) is 43.6 cm³/mol. The van der Waals surface area contributed by atoms with Crippen LogP contribution in [0.5, 0.6) is 0 Å². The summed E-state index contributed by atoms with van der Waals surface area (Å²) in [6.45, 7) is 4.28. The van der Waals surface area contributed by atoms with Crippen molar-refractivity contribution in [2.75, 3.05) is 6.54 Å². The van der Waals surface area contributed by atoms with E-state index in [1.165, 1.54) is 0 Å². The Labute approximate surface area is 67.9 Å². The van der Waals surface area contributed by atoms with Crippen LogP contribution in [0.4, 0.5) is 0 Å². The Bertz CT molecular complexity index is 188. The topological polar surface area (TPSA) is 66.4 Å². The van der Waals surface area contributed by atoms with Crippen LogP contribution in [0.1, 0.15) is 26.7 Å². The van der Waals surface area contributed by atoms with Crippen LogP contribution < -0.4 is 4.72 Å². The molecule has 0 aromatic rings. The molecule has 2 N–H and O–H groups in total. The van der Waals surface area contributed by atoms with Gasteiger partial charge >= 0.3 is 10.3 Å². The van der Waals surface area contributed by atoms with Gasteiger partial charge in [0.1, 0.15) is 0 Å². The van der Waals surface area contributed by atoms with Crippen molar-refractivity contribution in [3.8, 4) is 0 Å². The molecule has 68 valence electrons. The summed E-state index contributed by atoms with van der Waals surface area (Å²) in [6.07, 6.45) is 1.98. The van der Waals surface area contributed by atoms with E-state index < -0.39 is 10.3 Å².